The molecule has 5 nitrogen and oxygen atoms in total. The number of likely N-dealkylation sites (tertiary alicyclic amines) is 1. The lowest BCUT2D eigenvalue weighted by atomic mass is 9.91. The van der Waals surface area contributed by atoms with Gasteiger partial charge >= 0.3 is 6.18 Å². The van der Waals surface area contributed by atoms with Crippen molar-refractivity contribution in [3.63, 3.8) is 0 Å². The highest BCUT2D eigenvalue weighted by Crippen LogP contribution is 2.30. The summed E-state index contributed by atoms with van der Waals surface area (Å²) in [6.45, 7) is 5.82. The Balaban J connectivity index is 1.44. The van der Waals surface area contributed by atoms with E-state index < -0.39 is 11.7 Å². The summed E-state index contributed by atoms with van der Waals surface area (Å²) < 4.78 is 40.3. The highest BCUT2D eigenvalue weighted by molar-refractivity contribution is 5.25. The molecule has 1 atom stereocenters. The number of aromatic nitrogens is 4. The number of tetrazole rings is 1. The molecule has 0 saturated carbocycles. The van der Waals surface area contributed by atoms with Crippen LogP contribution in [0.25, 0.3) is 0 Å². The number of hydrogen-bond acceptors (Lipinski definition) is 4. The predicted molar refractivity (Wildman–Crippen MR) is 96.1 cm³/mol. The van der Waals surface area contributed by atoms with Gasteiger partial charge < -0.3 is 4.90 Å². The molecule has 0 spiro atoms. The number of alkyl halides is 3. The van der Waals surface area contributed by atoms with Crippen LogP contribution >= 0.6 is 0 Å². The summed E-state index contributed by atoms with van der Waals surface area (Å²) in [6.07, 6.45) is 0.663. The van der Waals surface area contributed by atoms with Crippen LogP contribution < -0.4 is 0 Å². The van der Waals surface area contributed by atoms with Crippen molar-refractivity contribution in [2.45, 2.75) is 51.7 Å². The van der Waals surface area contributed by atoms with Gasteiger partial charge in [0.1, 0.15) is 5.82 Å². The van der Waals surface area contributed by atoms with Gasteiger partial charge in [-0.15, -0.1) is 5.10 Å². The lowest BCUT2D eigenvalue weighted by Gasteiger charge is -2.32. The molecule has 0 radical (unpaired) electrons. The zero-order chi connectivity index (χ0) is 19.3. The van der Waals surface area contributed by atoms with E-state index in [1.807, 2.05) is 11.6 Å². The quantitative estimate of drug-likeness (QED) is 0.733. The Morgan fingerprint density at radius 2 is 2.07 bits per heavy atom. The molecule has 8 heteroatoms. The maximum Gasteiger partial charge on any atom is 0.416 e. The maximum absolute atomic E-state index is 12.8. The Labute approximate surface area is 157 Å². The first-order chi connectivity index (χ1) is 12.9. The molecular formula is C19H26F3N5. The highest BCUT2D eigenvalue weighted by Gasteiger charge is 2.30. The molecule has 0 N–H and O–H groups in total. The first-order valence-electron chi connectivity index (χ1n) is 9.53. The summed E-state index contributed by atoms with van der Waals surface area (Å²) in [5, 5.41) is 11.5. The minimum absolute atomic E-state index is 0.545. The zero-order valence-electron chi connectivity index (χ0n) is 15.6. The van der Waals surface area contributed by atoms with Crippen LogP contribution in [0, 0.1) is 12.8 Å². The second-order valence-corrected chi connectivity index (χ2v) is 7.35. The third-order valence-corrected chi connectivity index (χ3v) is 5.25. The molecule has 0 amide bonds. The Bertz CT molecular complexity index is 728. The van der Waals surface area contributed by atoms with Crippen molar-refractivity contribution in [3.8, 4) is 0 Å². The lowest BCUT2D eigenvalue weighted by molar-refractivity contribution is -0.137. The Morgan fingerprint density at radius 1 is 1.22 bits per heavy atom. The Morgan fingerprint density at radius 3 is 2.81 bits per heavy atom. The fourth-order valence-electron chi connectivity index (χ4n) is 3.76. The highest BCUT2D eigenvalue weighted by atomic mass is 19.4. The van der Waals surface area contributed by atoms with Gasteiger partial charge in [0.2, 0.25) is 0 Å². The molecule has 1 aromatic heterocycles. The molecule has 1 aromatic carbocycles. The van der Waals surface area contributed by atoms with Crippen LogP contribution in [0.15, 0.2) is 24.3 Å². The van der Waals surface area contributed by atoms with Crippen LogP contribution in [-0.4, -0.2) is 44.7 Å². The van der Waals surface area contributed by atoms with Gasteiger partial charge in [0.15, 0.2) is 0 Å². The van der Waals surface area contributed by atoms with Crippen molar-refractivity contribution in [2.24, 2.45) is 5.92 Å². The first-order valence-corrected chi connectivity index (χ1v) is 9.53. The standard InChI is InChI=1S/C19H26F3N5/c1-15-23-24-25-27(15)12-4-11-26-10-3-6-17(14-26)9-8-16-5-2-7-18(13-16)19(20,21)22/h2,5,7,13,17H,3-4,6,8-12,14H2,1H3/t17-/m0/s1. The van der Waals surface area contributed by atoms with Crippen LogP contribution in [0.1, 0.15) is 42.6 Å². The van der Waals surface area contributed by atoms with Crippen molar-refractivity contribution in [1.29, 1.82) is 0 Å². The third-order valence-electron chi connectivity index (χ3n) is 5.25. The van der Waals surface area contributed by atoms with Crippen molar-refractivity contribution in [1.82, 2.24) is 25.1 Å². The summed E-state index contributed by atoms with van der Waals surface area (Å²) in [5.74, 6) is 1.37. The second kappa shape index (κ2) is 8.82. The van der Waals surface area contributed by atoms with Crippen LogP contribution in [0.3, 0.4) is 0 Å². The summed E-state index contributed by atoms with van der Waals surface area (Å²) in [7, 11) is 0. The number of aryl methyl sites for hydroxylation is 3. The van der Waals surface area contributed by atoms with Crippen molar-refractivity contribution < 1.29 is 13.2 Å². The van der Waals surface area contributed by atoms with E-state index in [4.69, 9.17) is 0 Å². The number of benzene rings is 1. The average Bonchev–Trinajstić information content (AvgIpc) is 3.05. The number of piperidine rings is 1. The molecule has 0 aliphatic carbocycles. The summed E-state index contributed by atoms with van der Waals surface area (Å²) in [6, 6.07) is 5.73. The Hall–Kier alpha value is -1.96. The van der Waals surface area contributed by atoms with E-state index in [0.29, 0.717) is 12.3 Å². The van der Waals surface area contributed by atoms with E-state index in [1.165, 1.54) is 12.1 Å². The van der Waals surface area contributed by atoms with Gasteiger partial charge in [0.05, 0.1) is 5.56 Å². The average molecular weight is 381 g/mol. The fraction of sp³-hybridized carbons (Fsp3) is 0.632. The number of halogens is 3. The molecule has 0 bridgehead atoms. The molecule has 1 aliphatic heterocycles. The second-order valence-electron chi connectivity index (χ2n) is 7.35. The van der Waals surface area contributed by atoms with Crippen LogP contribution in [-0.2, 0) is 19.1 Å². The third kappa shape index (κ3) is 5.76. The molecule has 3 rings (SSSR count). The van der Waals surface area contributed by atoms with Crippen molar-refractivity contribution in [3.05, 3.63) is 41.2 Å². The molecule has 148 valence electrons. The van der Waals surface area contributed by atoms with Gasteiger partial charge in [0, 0.05) is 13.1 Å². The zero-order valence-corrected chi connectivity index (χ0v) is 15.6. The molecule has 1 saturated heterocycles. The van der Waals surface area contributed by atoms with Gasteiger partial charge in [-0.05, 0) is 80.1 Å². The summed E-state index contributed by atoms with van der Waals surface area (Å²) >= 11 is 0. The smallest absolute Gasteiger partial charge is 0.303 e. The van der Waals surface area contributed by atoms with E-state index >= 15 is 0 Å². The predicted octanol–water partition coefficient (Wildman–Crippen LogP) is 3.74. The minimum Gasteiger partial charge on any atom is -0.303 e. The topological polar surface area (TPSA) is 46.8 Å². The van der Waals surface area contributed by atoms with E-state index in [2.05, 4.69) is 20.4 Å². The largest absolute Gasteiger partial charge is 0.416 e. The molecular weight excluding hydrogens is 355 g/mol. The number of nitrogens with zero attached hydrogens (tertiary/aromatic N) is 5. The normalized spacial score (nSPS) is 18.7. The van der Waals surface area contributed by atoms with Crippen molar-refractivity contribution >= 4 is 0 Å². The van der Waals surface area contributed by atoms with Crippen LogP contribution in [0.5, 0.6) is 0 Å². The lowest BCUT2D eigenvalue weighted by Crippen LogP contribution is -2.36. The summed E-state index contributed by atoms with van der Waals surface area (Å²) in [5.41, 5.74) is 0.222. The van der Waals surface area contributed by atoms with E-state index in [1.54, 1.807) is 6.07 Å². The molecule has 27 heavy (non-hydrogen) atoms. The molecule has 2 aromatic rings. The molecule has 1 aliphatic rings. The molecule has 1 fully saturated rings. The monoisotopic (exact) mass is 381 g/mol. The van der Waals surface area contributed by atoms with Crippen molar-refractivity contribution in [2.75, 3.05) is 19.6 Å². The number of hydrogen-bond donors (Lipinski definition) is 0. The maximum atomic E-state index is 12.8. The van der Waals surface area contributed by atoms with Gasteiger partial charge in [-0.2, -0.15) is 13.2 Å². The fourth-order valence-corrected chi connectivity index (χ4v) is 3.76. The van der Waals surface area contributed by atoms with Gasteiger partial charge in [0.25, 0.3) is 0 Å². The van der Waals surface area contributed by atoms with E-state index in [0.717, 1.165) is 69.3 Å². The summed E-state index contributed by atoms with van der Waals surface area (Å²) in [4.78, 5) is 2.46. The minimum atomic E-state index is -4.27. The SMILES string of the molecule is Cc1nnnn1CCCN1CCC[C@@H](CCc2cccc(C(F)(F)F)c2)C1. The molecule has 2 heterocycles. The Kier molecular flexibility index (Phi) is 6.46. The number of rotatable bonds is 7. The van der Waals surface area contributed by atoms with Crippen LogP contribution in [0.2, 0.25) is 0 Å². The van der Waals surface area contributed by atoms with Gasteiger partial charge in [-0.3, -0.25) is 0 Å². The van der Waals surface area contributed by atoms with E-state index in [9.17, 15) is 13.2 Å². The van der Waals surface area contributed by atoms with Gasteiger partial charge in [-0.25, -0.2) is 4.68 Å². The van der Waals surface area contributed by atoms with Crippen LogP contribution in [0.4, 0.5) is 13.2 Å². The van der Waals surface area contributed by atoms with Gasteiger partial charge in [-0.1, -0.05) is 18.2 Å². The van der Waals surface area contributed by atoms with E-state index in [-0.39, 0.29) is 0 Å². The molecule has 0 unspecified atom stereocenters. The first kappa shape index (κ1) is 19.8.